The molecular formula is C22H23N3O3S2. The van der Waals surface area contributed by atoms with Crippen LogP contribution in [-0.2, 0) is 22.5 Å². The van der Waals surface area contributed by atoms with Gasteiger partial charge in [-0.3, -0.25) is 9.59 Å². The summed E-state index contributed by atoms with van der Waals surface area (Å²) in [7, 11) is 0. The summed E-state index contributed by atoms with van der Waals surface area (Å²) < 4.78 is 8.04. The van der Waals surface area contributed by atoms with Crippen LogP contribution < -0.4 is 5.56 Å². The minimum absolute atomic E-state index is 0.0447. The third-order valence-corrected chi connectivity index (χ3v) is 6.84. The van der Waals surface area contributed by atoms with Crippen molar-refractivity contribution in [2.24, 2.45) is 0 Å². The predicted molar refractivity (Wildman–Crippen MR) is 122 cm³/mol. The number of carbonyl (C=O) groups is 1. The van der Waals surface area contributed by atoms with E-state index in [1.54, 1.807) is 11.3 Å². The van der Waals surface area contributed by atoms with Gasteiger partial charge in [0.2, 0.25) is 0 Å². The highest BCUT2D eigenvalue weighted by atomic mass is 32.1. The number of esters is 1. The third kappa shape index (κ3) is 4.15. The molecule has 6 nitrogen and oxygen atoms in total. The molecule has 0 saturated carbocycles. The van der Waals surface area contributed by atoms with Gasteiger partial charge in [-0.25, -0.2) is 9.67 Å². The zero-order valence-corrected chi connectivity index (χ0v) is 18.8. The number of aromatic nitrogens is 3. The monoisotopic (exact) mass is 441 g/mol. The molecule has 3 heterocycles. The van der Waals surface area contributed by atoms with E-state index in [2.05, 4.69) is 16.1 Å². The van der Waals surface area contributed by atoms with Crippen molar-refractivity contribution in [3.05, 3.63) is 55.6 Å². The molecule has 3 aromatic heterocycles. The quantitative estimate of drug-likeness (QED) is 0.389. The molecule has 156 valence electrons. The van der Waals surface area contributed by atoms with E-state index in [4.69, 9.17) is 4.74 Å². The average molecular weight is 442 g/mol. The molecule has 1 aromatic carbocycles. The summed E-state index contributed by atoms with van der Waals surface area (Å²) in [5.74, 6) is -0.315. The lowest BCUT2D eigenvalue weighted by Gasteiger charge is -2.14. The first-order valence-electron chi connectivity index (χ1n) is 10.00. The molecule has 0 amide bonds. The molecule has 4 aromatic rings. The molecule has 0 radical (unpaired) electrons. The molecule has 0 N–H and O–H groups in total. The lowest BCUT2D eigenvalue weighted by Crippen LogP contribution is -2.26. The van der Waals surface area contributed by atoms with Crippen molar-refractivity contribution in [3.63, 3.8) is 0 Å². The molecule has 0 spiro atoms. The molecule has 8 heteroatoms. The standard InChI is InChI=1S/C22H23N3O3S2/c1-4-14(5-2)28-21(26)9-17-15-11-29-12-16(15)22(27)25(24-17)10-20-23-18-8-13(3)6-7-19(18)30-20/h6-8,11-12,14H,4-5,9-10H2,1-3H3. The second-order valence-electron chi connectivity index (χ2n) is 7.29. The van der Waals surface area contributed by atoms with Gasteiger partial charge in [0.15, 0.2) is 0 Å². The van der Waals surface area contributed by atoms with Crippen molar-refractivity contribution in [1.82, 2.24) is 14.8 Å². The molecule has 0 saturated heterocycles. The first kappa shape index (κ1) is 20.7. The van der Waals surface area contributed by atoms with Crippen molar-refractivity contribution in [3.8, 4) is 0 Å². The smallest absolute Gasteiger partial charge is 0.312 e. The maximum atomic E-state index is 12.9. The largest absolute Gasteiger partial charge is 0.462 e. The molecule has 0 fully saturated rings. The van der Waals surface area contributed by atoms with Crippen LogP contribution in [0.3, 0.4) is 0 Å². The van der Waals surface area contributed by atoms with Gasteiger partial charge in [0.1, 0.15) is 11.1 Å². The second-order valence-corrected chi connectivity index (χ2v) is 9.15. The van der Waals surface area contributed by atoms with Gasteiger partial charge in [-0.2, -0.15) is 16.4 Å². The van der Waals surface area contributed by atoms with E-state index < -0.39 is 0 Å². The molecule has 4 rings (SSSR count). The minimum atomic E-state index is -0.315. The maximum absolute atomic E-state index is 12.9. The lowest BCUT2D eigenvalue weighted by molar-refractivity contribution is -0.148. The number of aryl methyl sites for hydroxylation is 1. The van der Waals surface area contributed by atoms with E-state index in [-0.39, 0.29) is 30.6 Å². The number of thiazole rings is 1. The number of carbonyl (C=O) groups excluding carboxylic acids is 1. The van der Waals surface area contributed by atoms with Crippen molar-refractivity contribution < 1.29 is 9.53 Å². The Bertz CT molecular complexity index is 1270. The Morgan fingerprint density at radius 2 is 1.97 bits per heavy atom. The Labute approximate surface area is 182 Å². The molecule has 0 bridgehead atoms. The lowest BCUT2D eigenvalue weighted by atomic mass is 10.2. The van der Waals surface area contributed by atoms with Gasteiger partial charge in [-0.1, -0.05) is 19.9 Å². The zero-order chi connectivity index (χ0) is 21.3. The zero-order valence-electron chi connectivity index (χ0n) is 17.2. The number of benzene rings is 1. The van der Waals surface area contributed by atoms with Crippen LogP contribution in [0.15, 0.2) is 33.8 Å². The summed E-state index contributed by atoms with van der Waals surface area (Å²) in [6.45, 7) is 6.30. The van der Waals surface area contributed by atoms with Gasteiger partial charge in [0.05, 0.1) is 34.3 Å². The van der Waals surface area contributed by atoms with Crippen LogP contribution in [0.5, 0.6) is 0 Å². The van der Waals surface area contributed by atoms with Gasteiger partial charge in [-0.05, 0) is 37.5 Å². The summed E-state index contributed by atoms with van der Waals surface area (Å²) in [6.07, 6.45) is 1.51. The fourth-order valence-electron chi connectivity index (χ4n) is 3.41. The Balaban J connectivity index is 1.67. The first-order chi connectivity index (χ1) is 14.5. The summed E-state index contributed by atoms with van der Waals surface area (Å²) in [5, 5.41) is 10.3. The van der Waals surface area contributed by atoms with E-state index in [0.29, 0.717) is 11.1 Å². The minimum Gasteiger partial charge on any atom is -0.462 e. The number of hydrogen-bond acceptors (Lipinski definition) is 7. The number of fused-ring (bicyclic) bond motifs is 2. The number of ether oxygens (including phenoxy) is 1. The molecule has 0 aliphatic rings. The van der Waals surface area contributed by atoms with E-state index in [1.807, 2.05) is 43.7 Å². The van der Waals surface area contributed by atoms with E-state index in [1.165, 1.54) is 16.0 Å². The fourth-order valence-corrected chi connectivity index (χ4v) is 5.17. The molecule has 0 atom stereocenters. The molecular weight excluding hydrogens is 418 g/mol. The van der Waals surface area contributed by atoms with Gasteiger partial charge >= 0.3 is 5.97 Å². The normalized spacial score (nSPS) is 11.6. The van der Waals surface area contributed by atoms with Gasteiger partial charge < -0.3 is 4.74 Å². The molecule has 30 heavy (non-hydrogen) atoms. The average Bonchev–Trinajstić information content (AvgIpc) is 3.36. The van der Waals surface area contributed by atoms with E-state index in [0.717, 1.165) is 39.0 Å². The number of hydrogen-bond donors (Lipinski definition) is 0. The Hall–Kier alpha value is -2.58. The number of thiophene rings is 1. The highest BCUT2D eigenvalue weighted by Crippen LogP contribution is 2.24. The topological polar surface area (TPSA) is 74.1 Å². The molecule has 0 aliphatic carbocycles. The van der Waals surface area contributed by atoms with Crippen molar-refractivity contribution >= 4 is 49.6 Å². The summed E-state index contributed by atoms with van der Waals surface area (Å²) in [5.41, 5.74) is 2.47. The van der Waals surface area contributed by atoms with Crippen LogP contribution in [0.4, 0.5) is 0 Å². The first-order valence-corrected chi connectivity index (χ1v) is 11.8. The summed E-state index contributed by atoms with van der Waals surface area (Å²) in [6, 6.07) is 6.13. The third-order valence-electron chi connectivity index (χ3n) is 5.07. The maximum Gasteiger partial charge on any atom is 0.312 e. The SMILES string of the molecule is CCC(CC)OC(=O)Cc1nn(Cc2nc3cc(C)ccc3s2)c(=O)c2cscc12. The van der Waals surface area contributed by atoms with Crippen LogP contribution in [0.25, 0.3) is 21.0 Å². The van der Waals surface area contributed by atoms with Crippen molar-refractivity contribution in [1.29, 1.82) is 0 Å². The summed E-state index contributed by atoms with van der Waals surface area (Å²) in [4.78, 5) is 30.1. The second kappa shape index (κ2) is 8.65. The van der Waals surface area contributed by atoms with Crippen LogP contribution >= 0.6 is 22.7 Å². The Morgan fingerprint density at radius 3 is 2.73 bits per heavy atom. The predicted octanol–water partition coefficient (Wildman–Crippen LogP) is 4.70. The Kier molecular flexibility index (Phi) is 5.97. The van der Waals surface area contributed by atoms with Crippen molar-refractivity contribution in [2.45, 2.75) is 52.7 Å². The molecule has 0 unspecified atom stereocenters. The van der Waals surface area contributed by atoms with Crippen LogP contribution in [0, 0.1) is 6.92 Å². The van der Waals surface area contributed by atoms with Crippen LogP contribution in [0.1, 0.15) is 43.0 Å². The van der Waals surface area contributed by atoms with Crippen LogP contribution in [-0.4, -0.2) is 26.8 Å². The van der Waals surface area contributed by atoms with Crippen LogP contribution in [0.2, 0.25) is 0 Å². The number of rotatable bonds is 7. The number of nitrogens with zero attached hydrogens (tertiary/aromatic N) is 3. The summed E-state index contributed by atoms with van der Waals surface area (Å²) >= 11 is 2.98. The fraction of sp³-hybridized carbons (Fsp3) is 0.364. The van der Waals surface area contributed by atoms with Gasteiger partial charge in [-0.15, -0.1) is 11.3 Å². The van der Waals surface area contributed by atoms with E-state index >= 15 is 0 Å². The Morgan fingerprint density at radius 1 is 1.20 bits per heavy atom. The molecule has 0 aliphatic heterocycles. The van der Waals surface area contributed by atoms with E-state index in [9.17, 15) is 9.59 Å². The highest BCUT2D eigenvalue weighted by Gasteiger charge is 2.18. The van der Waals surface area contributed by atoms with Gasteiger partial charge in [0.25, 0.3) is 5.56 Å². The highest BCUT2D eigenvalue weighted by molar-refractivity contribution is 7.18. The van der Waals surface area contributed by atoms with Crippen molar-refractivity contribution in [2.75, 3.05) is 0 Å². The van der Waals surface area contributed by atoms with Gasteiger partial charge in [0, 0.05) is 16.1 Å².